The quantitative estimate of drug-likeness (QED) is 0.550. The van der Waals surface area contributed by atoms with Gasteiger partial charge in [0.25, 0.3) is 5.91 Å². The number of H-pyrrole nitrogens is 1. The number of nitriles is 1. The van der Waals surface area contributed by atoms with Gasteiger partial charge in [-0.2, -0.15) is 5.26 Å². The second-order valence-electron chi connectivity index (χ2n) is 7.45. The van der Waals surface area contributed by atoms with Crippen LogP contribution in [-0.2, 0) is 11.2 Å². The molecular weight excluding hydrogens is 406 g/mol. The average Bonchev–Trinajstić information content (AvgIpc) is 3.17. The fraction of sp³-hybridized carbons (Fsp3) is 0.208. The summed E-state index contributed by atoms with van der Waals surface area (Å²) in [7, 11) is 0. The molecule has 0 saturated heterocycles. The van der Waals surface area contributed by atoms with Gasteiger partial charge in [-0.05, 0) is 48.7 Å². The molecule has 162 valence electrons. The molecule has 0 fully saturated rings. The van der Waals surface area contributed by atoms with Gasteiger partial charge in [0.2, 0.25) is 11.8 Å². The first-order chi connectivity index (χ1) is 15.5. The largest absolute Gasteiger partial charge is 0.484 e. The van der Waals surface area contributed by atoms with Crippen LogP contribution in [0, 0.1) is 18.3 Å². The van der Waals surface area contributed by atoms with Crippen molar-refractivity contribution in [2.24, 2.45) is 5.73 Å². The Kier molecular flexibility index (Phi) is 5.81. The van der Waals surface area contributed by atoms with Crippen molar-refractivity contribution < 1.29 is 14.3 Å². The summed E-state index contributed by atoms with van der Waals surface area (Å²) in [6.07, 6.45) is 0.939. The number of aryl methyl sites for hydroxylation is 2. The van der Waals surface area contributed by atoms with E-state index in [0.29, 0.717) is 22.9 Å². The second kappa shape index (κ2) is 8.86. The third-order valence-corrected chi connectivity index (χ3v) is 5.34. The van der Waals surface area contributed by atoms with Crippen LogP contribution in [0.3, 0.4) is 0 Å². The highest BCUT2D eigenvalue weighted by Crippen LogP contribution is 2.43. The smallest absolute Gasteiger partial charge is 0.262 e. The molecule has 0 aliphatic carbocycles. The van der Waals surface area contributed by atoms with Gasteiger partial charge in [-0.25, -0.2) is 0 Å². The van der Waals surface area contributed by atoms with E-state index in [1.54, 1.807) is 12.1 Å². The van der Waals surface area contributed by atoms with E-state index < -0.39 is 5.92 Å². The van der Waals surface area contributed by atoms with E-state index in [1.165, 1.54) is 5.56 Å². The maximum Gasteiger partial charge on any atom is 0.262 e. The Labute approximate surface area is 185 Å². The van der Waals surface area contributed by atoms with E-state index in [4.69, 9.17) is 15.2 Å². The monoisotopic (exact) mass is 429 g/mol. The van der Waals surface area contributed by atoms with Crippen LogP contribution < -0.4 is 20.5 Å². The highest BCUT2D eigenvalue weighted by atomic mass is 16.5. The number of nitrogens with one attached hydrogen (secondary N) is 2. The lowest BCUT2D eigenvalue weighted by Gasteiger charge is -2.24. The fourth-order valence-electron chi connectivity index (χ4n) is 3.69. The first-order valence-corrected chi connectivity index (χ1v) is 10.2. The molecule has 1 aromatic heterocycles. The number of amides is 1. The van der Waals surface area contributed by atoms with Gasteiger partial charge in [-0.1, -0.05) is 31.2 Å². The third-order valence-electron chi connectivity index (χ3n) is 5.34. The number of fused-ring (bicyclic) bond motifs is 1. The molecule has 0 spiro atoms. The maximum atomic E-state index is 12.3. The SMILES string of the molecule is CCc1ccc(NC(=O)COc2cccc(C3C(C#N)=C(N)Oc4n[nH]c(C)c43)c2)cc1. The number of anilines is 1. The minimum atomic E-state index is -0.447. The van der Waals surface area contributed by atoms with Gasteiger partial charge in [0.05, 0.1) is 5.92 Å². The van der Waals surface area contributed by atoms with Gasteiger partial charge in [-0.15, -0.1) is 5.10 Å². The maximum absolute atomic E-state index is 12.3. The zero-order valence-corrected chi connectivity index (χ0v) is 17.8. The predicted octanol–water partition coefficient (Wildman–Crippen LogP) is 3.52. The molecule has 3 aromatic rings. The van der Waals surface area contributed by atoms with E-state index in [0.717, 1.165) is 23.2 Å². The number of ether oxygens (including phenoxy) is 2. The number of nitrogens with zero attached hydrogens (tertiary/aromatic N) is 2. The number of benzene rings is 2. The summed E-state index contributed by atoms with van der Waals surface area (Å²) in [5.74, 6) is 0.168. The molecule has 1 atom stereocenters. The molecule has 8 nitrogen and oxygen atoms in total. The number of carbonyl (C=O) groups is 1. The molecule has 8 heteroatoms. The van der Waals surface area contributed by atoms with Gasteiger partial charge >= 0.3 is 0 Å². The summed E-state index contributed by atoms with van der Waals surface area (Å²) < 4.78 is 11.2. The van der Waals surface area contributed by atoms with Gasteiger partial charge in [0.15, 0.2) is 6.61 Å². The molecule has 32 heavy (non-hydrogen) atoms. The molecule has 4 N–H and O–H groups in total. The summed E-state index contributed by atoms with van der Waals surface area (Å²) >= 11 is 0. The van der Waals surface area contributed by atoms with Gasteiger partial charge < -0.3 is 20.5 Å². The molecule has 0 radical (unpaired) electrons. The minimum Gasteiger partial charge on any atom is -0.484 e. The zero-order chi connectivity index (χ0) is 22.7. The Morgan fingerprint density at radius 3 is 2.81 bits per heavy atom. The molecule has 1 aliphatic rings. The molecule has 4 rings (SSSR count). The molecule has 0 bridgehead atoms. The Hall–Kier alpha value is -4.25. The van der Waals surface area contributed by atoms with Crippen molar-refractivity contribution in [3.8, 4) is 17.7 Å². The normalized spacial score (nSPS) is 14.8. The van der Waals surface area contributed by atoms with E-state index >= 15 is 0 Å². The predicted molar refractivity (Wildman–Crippen MR) is 119 cm³/mol. The first kappa shape index (κ1) is 21.0. The van der Waals surface area contributed by atoms with Crippen LogP contribution in [0.4, 0.5) is 5.69 Å². The van der Waals surface area contributed by atoms with Crippen molar-refractivity contribution in [1.82, 2.24) is 10.2 Å². The minimum absolute atomic E-state index is 0.0243. The molecule has 0 saturated carbocycles. The highest BCUT2D eigenvalue weighted by molar-refractivity contribution is 5.91. The number of allylic oxidation sites excluding steroid dienone is 1. The number of hydrogen-bond acceptors (Lipinski definition) is 6. The van der Waals surface area contributed by atoms with Crippen molar-refractivity contribution in [3.05, 3.63) is 82.4 Å². The Morgan fingerprint density at radius 1 is 1.31 bits per heavy atom. The van der Waals surface area contributed by atoms with Crippen molar-refractivity contribution in [3.63, 3.8) is 0 Å². The topological polar surface area (TPSA) is 126 Å². The molecule has 1 unspecified atom stereocenters. The van der Waals surface area contributed by atoms with Crippen molar-refractivity contribution >= 4 is 11.6 Å². The molecule has 2 aromatic carbocycles. The van der Waals surface area contributed by atoms with Crippen LogP contribution in [0.25, 0.3) is 0 Å². The zero-order valence-electron chi connectivity index (χ0n) is 17.8. The van der Waals surface area contributed by atoms with Crippen LogP contribution in [0.5, 0.6) is 11.6 Å². The standard InChI is InChI=1S/C24H23N5O3/c1-3-15-7-9-17(10-8-15)27-20(30)13-31-18-6-4-5-16(11-18)22-19(12-25)23(26)32-24-21(22)14(2)28-29-24/h4-11,22H,3,13,26H2,1-2H3,(H,27,30)(H,28,29). The lowest BCUT2D eigenvalue weighted by Crippen LogP contribution is -2.21. The first-order valence-electron chi connectivity index (χ1n) is 10.2. The van der Waals surface area contributed by atoms with Crippen molar-refractivity contribution in [2.45, 2.75) is 26.2 Å². The van der Waals surface area contributed by atoms with Gasteiger partial charge in [0, 0.05) is 16.9 Å². The van der Waals surface area contributed by atoms with Gasteiger partial charge in [0.1, 0.15) is 17.4 Å². The number of aromatic amines is 1. The van der Waals surface area contributed by atoms with Crippen LogP contribution >= 0.6 is 0 Å². The summed E-state index contributed by atoms with van der Waals surface area (Å²) in [5, 5.41) is 19.5. The average molecular weight is 429 g/mol. The number of hydrogen-bond donors (Lipinski definition) is 3. The summed E-state index contributed by atoms with van der Waals surface area (Å²) in [4.78, 5) is 12.3. The summed E-state index contributed by atoms with van der Waals surface area (Å²) in [5.41, 5.74) is 10.5. The van der Waals surface area contributed by atoms with Crippen molar-refractivity contribution in [2.75, 3.05) is 11.9 Å². The van der Waals surface area contributed by atoms with Crippen molar-refractivity contribution in [1.29, 1.82) is 5.26 Å². The van der Waals surface area contributed by atoms with Crippen LogP contribution in [0.2, 0.25) is 0 Å². The summed E-state index contributed by atoms with van der Waals surface area (Å²) in [6, 6.07) is 17.1. The third kappa shape index (κ3) is 4.14. The number of carbonyl (C=O) groups excluding carboxylic acids is 1. The summed E-state index contributed by atoms with van der Waals surface area (Å²) in [6.45, 7) is 3.79. The van der Waals surface area contributed by atoms with E-state index in [-0.39, 0.29) is 18.4 Å². The Bertz CT molecular complexity index is 1220. The van der Waals surface area contributed by atoms with E-state index in [2.05, 4.69) is 28.5 Å². The number of aromatic nitrogens is 2. The Morgan fingerprint density at radius 2 is 2.09 bits per heavy atom. The van der Waals surface area contributed by atoms with E-state index in [1.807, 2.05) is 43.3 Å². The highest BCUT2D eigenvalue weighted by Gasteiger charge is 2.34. The number of nitrogens with two attached hydrogens (primary N) is 1. The molecular formula is C24H23N5O3. The molecule has 1 amide bonds. The van der Waals surface area contributed by atoms with Crippen LogP contribution in [0.15, 0.2) is 60.0 Å². The van der Waals surface area contributed by atoms with E-state index in [9.17, 15) is 10.1 Å². The second-order valence-corrected chi connectivity index (χ2v) is 7.45. The van der Waals surface area contributed by atoms with Gasteiger partial charge in [-0.3, -0.25) is 9.89 Å². The van der Waals surface area contributed by atoms with Crippen LogP contribution in [-0.4, -0.2) is 22.7 Å². The van der Waals surface area contributed by atoms with Crippen LogP contribution in [0.1, 0.15) is 35.2 Å². The lowest BCUT2D eigenvalue weighted by atomic mass is 9.84. The number of rotatable bonds is 6. The lowest BCUT2D eigenvalue weighted by molar-refractivity contribution is -0.118. The Balaban J connectivity index is 1.50. The molecule has 1 aliphatic heterocycles. The fourth-order valence-corrected chi connectivity index (χ4v) is 3.69. The molecule has 2 heterocycles.